The zero-order valence-electron chi connectivity index (χ0n) is 13.7. The van der Waals surface area contributed by atoms with Crippen LogP contribution in [-0.4, -0.2) is 40.0 Å². The van der Waals surface area contributed by atoms with Gasteiger partial charge in [0.15, 0.2) is 0 Å². The molecule has 0 spiro atoms. The third-order valence-corrected chi connectivity index (χ3v) is 4.70. The highest BCUT2D eigenvalue weighted by atomic mass is 19.1. The lowest BCUT2D eigenvalue weighted by Gasteiger charge is -2.37. The van der Waals surface area contributed by atoms with Gasteiger partial charge in [-0.2, -0.15) is 0 Å². The summed E-state index contributed by atoms with van der Waals surface area (Å²) < 4.78 is 13.3. The SMILES string of the molecule is Cc1nc2cc(F)ccc2cc1C(=O)N1CCCC(C)(C(=O)O)C1. The fraction of sp³-hybridized carbons (Fsp3) is 0.389. The molecular weight excluding hydrogens is 311 g/mol. The molecule has 0 aliphatic carbocycles. The summed E-state index contributed by atoms with van der Waals surface area (Å²) in [5.41, 5.74) is 0.525. The number of likely N-dealkylation sites (tertiary alicyclic amines) is 1. The van der Waals surface area contributed by atoms with Crippen molar-refractivity contribution in [3.05, 3.63) is 41.3 Å². The summed E-state index contributed by atoms with van der Waals surface area (Å²) in [7, 11) is 0. The maximum atomic E-state index is 13.3. The maximum Gasteiger partial charge on any atom is 0.311 e. The van der Waals surface area contributed by atoms with Crippen molar-refractivity contribution >= 4 is 22.8 Å². The molecule has 5 nitrogen and oxygen atoms in total. The van der Waals surface area contributed by atoms with Crippen molar-refractivity contribution in [1.82, 2.24) is 9.88 Å². The Balaban J connectivity index is 1.95. The Labute approximate surface area is 139 Å². The normalized spacial score (nSPS) is 21.0. The van der Waals surface area contributed by atoms with Crippen molar-refractivity contribution < 1.29 is 19.1 Å². The topological polar surface area (TPSA) is 70.5 Å². The molecule has 1 saturated heterocycles. The zero-order chi connectivity index (χ0) is 17.5. The molecule has 2 aromatic rings. The van der Waals surface area contributed by atoms with E-state index >= 15 is 0 Å². The van der Waals surface area contributed by atoms with Crippen LogP contribution in [0.15, 0.2) is 24.3 Å². The number of aliphatic carboxylic acids is 1. The van der Waals surface area contributed by atoms with E-state index in [9.17, 15) is 19.1 Å². The lowest BCUT2D eigenvalue weighted by molar-refractivity contribution is -0.150. The second kappa shape index (κ2) is 5.85. The summed E-state index contributed by atoms with van der Waals surface area (Å²) >= 11 is 0. The molecule has 1 aromatic carbocycles. The van der Waals surface area contributed by atoms with Crippen LogP contribution in [0.5, 0.6) is 0 Å². The van der Waals surface area contributed by atoms with Gasteiger partial charge in [-0.3, -0.25) is 14.6 Å². The molecule has 0 radical (unpaired) electrons. The maximum absolute atomic E-state index is 13.3. The van der Waals surface area contributed by atoms with Gasteiger partial charge in [0.2, 0.25) is 0 Å². The highest BCUT2D eigenvalue weighted by Gasteiger charge is 2.39. The number of nitrogens with zero attached hydrogens (tertiary/aromatic N) is 2. The molecule has 1 aliphatic heterocycles. The van der Waals surface area contributed by atoms with Crippen LogP contribution >= 0.6 is 0 Å². The fourth-order valence-electron chi connectivity index (χ4n) is 3.21. The van der Waals surface area contributed by atoms with Crippen LogP contribution in [0, 0.1) is 18.2 Å². The van der Waals surface area contributed by atoms with Crippen LogP contribution in [0.1, 0.15) is 35.8 Å². The van der Waals surface area contributed by atoms with Gasteiger partial charge < -0.3 is 10.0 Å². The van der Waals surface area contributed by atoms with Gasteiger partial charge in [0.05, 0.1) is 22.2 Å². The van der Waals surface area contributed by atoms with Crippen molar-refractivity contribution in [2.45, 2.75) is 26.7 Å². The standard InChI is InChI=1S/C18H19FN2O3/c1-11-14(8-12-4-5-13(19)9-15(12)20-11)16(22)21-7-3-6-18(2,10-21)17(23)24/h4-5,8-9H,3,6-7,10H2,1-2H3,(H,23,24). The third-order valence-electron chi connectivity index (χ3n) is 4.70. The minimum Gasteiger partial charge on any atom is -0.481 e. The third kappa shape index (κ3) is 2.84. The first-order valence-corrected chi connectivity index (χ1v) is 7.90. The van der Waals surface area contributed by atoms with E-state index in [1.807, 2.05) is 0 Å². The molecule has 126 valence electrons. The number of carbonyl (C=O) groups is 2. The van der Waals surface area contributed by atoms with E-state index in [2.05, 4.69) is 4.98 Å². The molecule has 2 heterocycles. The number of aryl methyl sites for hydroxylation is 1. The summed E-state index contributed by atoms with van der Waals surface area (Å²) in [5.74, 6) is -1.48. The van der Waals surface area contributed by atoms with E-state index < -0.39 is 11.4 Å². The second-order valence-electron chi connectivity index (χ2n) is 6.65. The first kappa shape index (κ1) is 16.4. The summed E-state index contributed by atoms with van der Waals surface area (Å²) in [4.78, 5) is 30.2. The number of pyridine rings is 1. The van der Waals surface area contributed by atoms with E-state index in [1.165, 1.54) is 12.1 Å². The van der Waals surface area contributed by atoms with Crippen molar-refractivity contribution in [2.75, 3.05) is 13.1 Å². The highest BCUT2D eigenvalue weighted by molar-refractivity contribution is 5.99. The first-order valence-electron chi connectivity index (χ1n) is 7.90. The molecule has 1 unspecified atom stereocenters. The van der Waals surface area contributed by atoms with Crippen molar-refractivity contribution in [2.24, 2.45) is 5.41 Å². The average Bonchev–Trinajstić information content (AvgIpc) is 2.53. The van der Waals surface area contributed by atoms with Crippen molar-refractivity contribution in [3.8, 4) is 0 Å². The van der Waals surface area contributed by atoms with Crippen molar-refractivity contribution in [3.63, 3.8) is 0 Å². The predicted octanol–water partition coefficient (Wildman–Crippen LogP) is 3.01. The molecule has 1 amide bonds. The number of aromatic nitrogens is 1. The van der Waals surface area contributed by atoms with E-state index in [4.69, 9.17) is 0 Å². The smallest absolute Gasteiger partial charge is 0.311 e. The lowest BCUT2D eigenvalue weighted by Crippen LogP contribution is -2.48. The lowest BCUT2D eigenvalue weighted by atomic mass is 9.82. The molecular formula is C18H19FN2O3. The zero-order valence-corrected chi connectivity index (χ0v) is 13.7. The molecule has 3 rings (SSSR count). The van der Waals surface area contributed by atoms with Crippen LogP contribution in [0.25, 0.3) is 10.9 Å². The molecule has 1 aromatic heterocycles. The number of fused-ring (bicyclic) bond motifs is 1. The summed E-state index contributed by atoms with van der Waals surface area (Å²) in [6.07, 6.45) is 1.21. The molecule has 0 saturated carbocycles. The summed E-state index contributed by atoms with van der Waals surface area (Å²) in [6, 6.07) is 5.95. The van der Waals surface area contributed by atoms with Gasteiger partial charge in [-0.25, -0.2) is 4.39 Å². The van der Waals surface area contributed by atoms with E-state index in [0.29, 0.717) is 41.5 Å². The molecule has 24 heavy (non-hydrogen) atoms. The first-order chi connectivity index (χ1) is 11.3. The number of carboxylic acids is 1. The van der Waals surface area contributed by atoms with Gasteiger partial charge in [0.1, 0.15) is 5.82 Å². The number of hydrogen-bond donors (Lipinski definition) is 1. The average molecular weight is 330 g/mol. The number of benzene rings is 1. The summed E-state index contributed by atoms with van der Waals surface area (Å²) in [5, 5.41) is 10.1. The quantitative estimate of drug-likeness (QED) is 0.919. The number of carbonyl (C=O) groups excluding carboxylic acids is 1. The van der Waals surface area contributed by atoms with E-state index in [0.717, 1.165) is 0 Å². The second-order valence-corrected chi connectivity index (χ2v) is 6.65. The monoisotopic (exact) mass is 330 g/mol. The number of piperidine rings is 1. The van der Waals surface area contributed by atoms with Crippen LogP contribution in [0.2, 0.25) is 0 Å². The van der Waals surface area contributed by atoms with Crippen LogP contribution in [0.4, 0.5) is 4.39 Å². The number of hydrogen-bond acceptors (Lipinski definition) is 3. The predicted molar refractivity (Wildman–Crippen MR) is 87.3 cm³/mol. The Kier molecular flexibility index (Phi) is 3.99. The molecule has 0 bridgehead atoms. The molecule has 1 atom stereocenters. The van der Waals surface area contributed by atoms with Crippen LogP contribution in [-0.2, 0) is 4.79 Å². The van der Waals surface area contributed by atoms with Gasteiger partial charge in [-0.1, -0.05) is 0 Å². The fourth-order valence-corrected chi connectivity index (χ4v) is 3.21. The van der Waals surface area contributed by atoms with Gasteiger partial charge in [-0.15, -0.1) is 0 Å². The van der Waals surface area contributed by atoms with E-state index in [1.54, 1.807) is 30.9 Å². The minimum absolute atomic E-state index is 0.183. The Morgan fingerprint density at radius 3 is 2.79 bits per heavy atom. The van der Waals surface area contributed by atoms with Gasteiger partial charge in [0.25, 0.3) is 5.91 Å². The number of carboxylic acid groups (broad SMARTS) is 1. The number of halogens is 1. The Bertz CT molecular complexity index is 836. The van der Waals surface area contributed by atoms with Gasteiger partial charge in [0, 0.05) is 24.5 Å². The molecule has 1 fully saturated rings. The minimum atomic E-state index is -0.921. The summed E-state index contributed by atoms with van der Waals surface area (Å²) in [6.45, 7) is 4.09. The van der Waals surface area contributed by atoms with Crippen LogP contribution < -0.4 is 0 Å². The van der Waals surface area contributed by atoms with Gasteiger partial charge in [-0.05, 0) is 44.9 Å². The Hall–Kier alpha value is -2.50. The molecule has 1 N–H and O–H groups in total. The largest absolute Gasteiger partial charge is 0.481 e. The number of amides is 1. The van der Waals surface area contributed by atoms with E-state index in [-0.39, 0.29) is 18.3 Å². The van der Waals surface area contributed by atoms with Gasteiger partial charge >= 0.3 is 5.97 Å². The Morgan fingerprint density at radius 2 is 2.08 bits per heavy atom. The van der Waals surface area contributed by atoms with Crippen molar-refractivity contribution in [1.29, 1.82) is 0 Å². The van der Waals surface area contributed by atoms with Crippen LogP contribution in [0.3, 0.4) is 0 Å². The Morgan fingerprint density at radius 1 is 1.33 bits per heavy atom. The molecule has 1 aliphatic rings. The highest BCUT2D eigenvalue weighted by Crippen LogP contribution is 2.31. The molecule has 6 heteroatoms. The number of rotatable bonds is 2.